The predicted octanol–water partition coefficient (Wildman–Crippen LogP) is 2.19. The lowest BCUT2D eigenvalue weighted by Gasteiger charge is -2.52. The number of Topliss-reactive ketones (excluding diaryl/α,β-unsaturated/α-hetero) is 4. The summed E-state index contributed by atoms with van der Waals surface area (Å²) >= 11 is 0. The highest BCUT2D eigenvalue weighted by Gasteiger charge is 2.69. The van der Waals surface area contributed by atoms with Crippen molar-refractivity contribution < 1.29 is 38.6 Å². The van der Waals surface area contributed by atoms with E-state index in [0.29, 0.717) is 5.92 Å². The molecule has 1 aromatic rings. The molecule has 1 aromatic carbocycles. The van der Waals surface area contributed by atoms with Gasteiger partial charge in [0.25, 0.3) is 0 Å². The lowest BCUT2D eigenvalue weighted by atomic mass is 9.52. The maximum Gasteiger partial charge on any atom is 0.235 e. The summed E-state index contributed by atoms with van der Waals surface area (Å²) in [6.07, 6.45) is 7.79. The summed E-state index contributed by atoms with van der Waals surface area (Å²) in [5.74, 6) is -11.6. The average Bonchev–Trinajstić information content (AvgIpc) is 3.21. The molecule has 4 aliphatic rings. The molecule has 0 heterocycles. The molecule has 44 heavy (non-hydrogen) atoms. The number of carbonyl (C=O) groups is 5. The van der Waals surface area contributed by atoms with Gasteiger partial charge in [0, 0.05) is 30.1 Å². The fourth-order valence-electron chi connectivity index (χ4n) is 8.53. The van der Waals surface area contributed by atoms with Gasteiger partial charge >= 0.3 is 0 Å². The van der Waals surface area contributed by atoms with Crippen molar-refractivity contribution in [1.29, 1.82) is 0 Å². The zero-order valence-electron chi connectivity index (χ0n) is 25.8. The molecule has 4 N–H and O–H groups in total. The number of primary amides is 1. The summed E-state index contributed by atoms with van der Waals surface area (Å²) in [5.41, 5.74) is 2.52. The van der Waals surface area contributed by atoms with Crippen LogP contribution in [-0.4, -0.2) is 87.9 Å². The third-order valence-corrected chi connectivity index (χ3v) is 10.5. The topological polar surface area (TPSA) is 158 Å². The van der Waals surface area contributed by atoms with E-state index in [2.05, 4.69) is 11.8 Å². The number of benzene rings is 1. The van der Waals surface area contributed by atoms with Crippen LogP contribution in [-0.2, 0) is 32.1 Å². The van der Waals surface area contributed by atoms with E-state index < -0.39 is 75.9 Å². The number of hydrogen-bond acceptors (Lipinski definition) is 9. The van der Waals surface area contributed by atoms with Crippen LogP contribution in [0, 0.1) is 35.4 Å². The molecule has 0 spiro atoms. The van der Waals surface area contributed by atoms with Gasteiger partial charge in [0.15, 0.2) is 34.7 Å². The van der Waals surface area contributed by atoms with Crippen molar-refractivity contribution in [2.75, 3.05) is 27.2 Å². The Bertz CT molecular complexity index is 1370. The Kier molecular flexibility index (Phi) is 9.13. The Balaban J connectivity index is 1.49. The van der Waals surface area contributed by atoms with Crippen molar-refractivity contribution in [2.24, 2.45) is 35.3 Å². The molecule has 240 valence electrons. The first-order valence-electron chi connectivity index (χ1n) is 15.9. The van der Waals surface area contributed by atoms with E-state index in [9.17, 15) is 34.2 Å². The van der Waals surface area contributed by atoms with Gasteiger partial charge in [0.05, 0.1) is 17.5 Å². The van der Waals surface area contributed by atoms with Crippen molar-refractivity contribution in [3.8, 4) is 5.75 Å². The molecule has 0 bridgehead atoms. The van der Waals surface area contributed by atoms with Crippen molar-refractivity contribution >= 4 is 29.0 Å². The maximum absolute atomic E-state index is 16.3. The summed E-state index contributed by atoms with van der Waals surface area (Å²) in [7, 11) is 3.05. The molecule has 10 nitrogen and oxygen atoms in total. The van der Waals surface area contributed by atoms with Crippen molar-refractivity contribution in [3.63, 3.8) is 0 Å². The van der Waals surface area contributed by atoms with Crippen LogP contribution in [0.25, 0.3) is 0 Å². The molecule has 0 radical (unpaired) electrons. The van der Waals surface area contributed by atoms with Crippen molar-refractivity contribution in [2.45, 2.75) is 82.9 Å². The smallest absolute Gasteiger partial charge is 0.235 e. The number of phenols is 1. The van der Waals surface area contributed by atoms with Gasteiger partial charge in [-0.1, -0.05) is 32.6 Å². The van der Waals surface area contributed by atoms with E-state index in [1.165, 1.54) is 50.7 Å². The first-order valence-corrected chi connectivity index (χ1v) is 15.9. The van der Waals surface area contributed by atoms with Crippen LogP contribution in [0.15, 0.2) is 6.07 Å². The maximum atomic E-state index is 16.3. The summed E-state index contributed by atoms with van der Waals surface area (Å²) < 4.78 is 16.3. The molecule has 0 saturated heterocycles. The molecule has 3 fully saturated rings. The minimum Gasteiger partial charge on any atom is -0.507 e. The highest BCUT2D eigenvalue weighted by atomic mass is 19.1. The van der Waals surface area contributed by atoms with Crippen LogP contribution < -0.4 is 5.73 Å². The minimum absolute atomic E-state index is 0.0142. The molecule has 0 aliphatic heterocycles. The Hall–Kier alpha value is -3.02. The number of halogens is 1. The second kappa shape index (κ2) is 12.4. The van der Waals surface area contributed by atoms with Crippen LogP contribution in [0.5, 0.6) is 5.75 Å². The van der Waals surface area contributed by atoms with Crippen LogP contribution in [0.3, 0.4) is 0 Å². The third-order valence-electron chi connectivity index (χ3n) is 10.5. The highest BCUT2D eigenvalue weighted by Crippen LogP contribution is 2.51. The number of fused-ring (bicyclic) bond motifs is 3. The summed E-state index contributed by atoms with van der Waals surface area (Å²) in [5, 5.41) is 22.7. The molecule has 1 amide bonds. The number of nitrogens with zero attached hydrogens (tertiary/aromatic N) is 2. The van der Waals surface area contributed by atoms with Crippen LogP contribution in [0.2, 0.25) is 0 Å². The number of carbonyl (C=O) groups excluding carboxylic acids is 5. The Labute approximate surface area is 257 Å². The highest BCUT2D eigenvalue weighted by molar-refractivity contribution is 6.32. The van der Waals surface area contributed by atoms with Gasteiger partial charge in [0.2, 0.25) is 5.91 Å². The zero-order valence-corrected chi connectivity index (χ0v) is 25.8. The second-order valence-corrected chi connectivity index (χ2v) is 13.6. The van der Waals surface area contributed by atoms with Crippen LogP contribution >= 0.6 is 0 Å². The number of hydrogen-bond donors (Lipinski definition) is 3. The second-order valence-electron chi connectivity index (χ2n) is 13.6. The van der Waals surface area contributed by atoms with Gasteiger partial charge in [-0.25, -0.2) is 4.39 Å². The van der Waals surface area contributed by atoms with Crippen LogP contribution in [0.4, 0.5) is 4.39 Å². The molecule has 0 aromatic heterocycles. The predicted molar refractivity (Wildman–Crippen MR) is 158 cm³/mol. The van der Waals surface area contributed by atoms with Gasteiger partial charge in [-0.15, -0.1) is 0 Å². The molecule has 5 rings (SSSR count). The average molecular weight is 614 g/mol. The van der Waals surface area contributed by atoms with E-state index >= 15 is 4.39 Å². The van der Waals surface area contributed by atoms with E-state index in [0.717, 1.165) is 32.4 Å². The van der Waals surface area contributed by atoms with Gasteiger partial charge in [0.1, 0.15) is 11.6 Å². The first kappa shape index (κ1) is 32.4. The zero-order chi connectivity index (χ0) is 32.1. The third kappa shape index (κ3) is 5.30. The summed E-state index contributed by atoms with van der Waals surface area (Å²) in [6, 6.07) is 0.0514. The molecule has 6 atom stereocenters. The van der Waals surface area contributed by atoms with E-state index in [1.807, 2.05) is 0 Å². The van der Waals surface area contributed by atoms with Gasteiger partial charge in [-0.2, -0.15) is 0 Å². The standard InChI is InChI=1S/C33H44FN3O7/c1-4-11-37(15-17-9-7-5-6-8-10-17)16-19-14-22(38)24-20(26(19)34)12-18-13-21-27(36(2)3)29(40)25(32(35)43)31(42)33(21,44)30(41)23(18)28(24)39/h14,17-18,21,23,25,27,38,44H,4-13,15-16H2,1-3H3,(H2,35,43)/t18-,21-,23?,25?,27-,33-/m0/s1. The minimum atomic E-state index is -2.80. The number of aromatic hydroxyl groups is 1. The number of amides is 1. The number of ketones is 4. The van der Waals surface area contributed by atoms with Gasteiger partial charge in [-0.3, -0.25) is 33.8 Å². The molecule has 2 unspecified atom stereocenters. The van der Waals surface area contributed by atoms with Crippen molar-refractivity contribution in [3.05, 3.63) is 28.6 Å². The number of aliphatic hydroxyl groups is 1. The molecule has 4 aliphatic carbocycles. The molecular formula is C33H44FN3O7. The number of nitrogens with two attached hydrogens (primary N) is 1. The van der Waals surface area contributed by atoms with Gasteiger partial charge in [-0.05, 0) is 70.6 Å². The fourth-order valence-corrected chi connectivity index (χ4v) is 8.53. The van der Waals surface area contributed by atoms with E-state index in [1.54, 1.807) is 0 Å². The Morgan fingerprint density at radius 3 is 2.34 bits per heavy atom. The monoisotopic (exact) mass is 613 g/mol. The number of rotatable bonds is 8. The quantitative estimate of drug-likeness (QED) is 0.295. The van der Waals surface area contributed by atoms with Crippen LogP contribution in [0.1, 0.15) is 79.8 Å². The Morgan fingerprint density at radius 2 is 1.75 bits per heavy atom. The normalized spacial score (nSPS) is 31.1. The fraction of sp³-hybridized carbons (Fsp3) is 0.667. The Morgan fingerprint density at radius 1 is 1.09 bits per heavy atom. The largest absolute Gasteiger partial charge is 0.507 e. The lowest BCUT2D eigenvalue weighted by molar-refractivity contribution is -0.181. The molecule has 3 saturated carbocycles. The SMILES string of the molecule is CCCN(Cc1cc(O)c2c(c1F)C[C@H]1C[C@H]3[C@H](N(C)C)C(=O)C(C(N)=O)C(=O)[C@@]3(O)C(=O)C1C2=O)CC1CCCCCC1. The molecule has 11 heteroatoms. The van der Waals surface area contributed by atoms with Crippen molar-refractivity contribution in [1.82, 2.24) is 9.80 Å². The number of likely N-dealkylation sites (N-methyl/N-ethyl adjacent to an activating group) is 1. The summed E-state index contributed by atoms with van der Waals surface area (Å²) in [6.45, 7) is 3.91. The van der Waals surface area contributed by atoms with E-state index in [4.69, 9.17) is 5.73 Å². The lowest BCUT2D eigenvalue weighted by Crippen LogP contribution is -2.74. The van der Waals surface area contributed by atoms with E-state index in [-0.39, 0.29) is 36.1 Å². The van der Waals surface area contributed by atoms with Gasteiger partial charge < -0.3 is 15.9 Å². The first-order chi connectivity index (χ1) is 20.8. The summed E-state index contributed by atoms with van der Waals surface area (Å²) in [4.78, 5) is 70.2. The number of phenolic OH excluding ortho intramolecular Hbond substituents is 1. The molecular weight excluding hydrogens is 569 g/mol.